The van der Waals surface area contributed by atoms with Gasteiger partial charge in [0.15, 0.2) is 5.78 Å². The van der Waals surface area contributed by atoms with E-state index in [4.69, 9.17) is 4.74 Å². The fourth-order valence-electron chi connectivity index (χ4n) is 3.25. The molecule has 0 bridgehead atoms. The van der Waals surface area contributed by atoms with Gasteiger partial charge in [0.25, 0.3) is 0 Å². The first-order chi connectivity index (χ1) is 9.87. The Bertz CT molecular complexity index is 675. The predicted molar refractivity (Wildman–Crippen MR) is 80.3 cm³/mol. The molecule has 1 saturated carbocycles. The molecule has 0 atom stereocenters. The highest BCUT2D eigenvalue weighted by molar-refractivity contribution is 7.92. The van der Waals surface area contributed by atoms with E-state index in [1.165, 1.54) is 6.42 Å². The summed E-state index contributed by atoms with van der Waals surface area (Å²) in [4.78, 5) is 12.4. The van der Waals surface area contributed by atoms with Crippen LogP contribution >= 0.6 is 0 Å². The quantitative estimate of drug-likeness (QED) is 0.911. The van der Waals surface area contributed by atoms with Gasteiger partial charge in [-0.25, -0.2) is 8.42 Å². The molecule has 114 valence electrons. The summed E-state index contributed by atoms with van der Waals surface area (Å²) in [6.07, 6.45) is 6.70. The average Bonchev–Trinajstić information content (AvgIpc) is 2.39. The Morgan fingerprint density at radius 1 is 1.19 bits per heavy atom. The van der Waals surface area contributed by atoms with E-state index in [1.807, 2.05) is 0 Å². The van der Waals surface area contributed by atoms with E-state index < -0.39 is 10.0 Å². The van der Waals surface area contributed by atoms with Crippen LogP contribution in [0.3, 0.4) is 0 Å². The second kappa shape index (κ2) is 5.02. The van der Waals surface area contributed by atoms with Crippen molar-refractivity contribution in [3.63, 3.8) is 0 Å². The first-order valence-electron chi connectivity index (χ1n) is 7.21. The van der Waals surface area contributed by atoms with Crippen LogP contribution in [0.4, 0.5) is 5.69 Å². The number of sulfonamides is 1. The lowest BCUT2D eigenvalue weighted by molar-refractivity contribution is 0.0136. The van der Waals surface area contributed by atoms with Gasteiger partial charge < -0.3 is 4.74 Å². The second-order valence-corrected chi connectivity index (χ2v) is 7.78. The Kier molecular flexibility index (Phi) is 3.43. The molecule has 5 nitrogen and oxygen atoms in total. The number of hydrogen-bond acceptors (Lipinski definition) is 4. The van der Waals surface area contributed by atoms with Gasteiger partial charge in [0.2, 0.25) is 10.0 Å². The number of carbonyl (C=O) groups excluding carboxylic acids is 1. The van der Waals surface area contributed by atoms with Crippen LogP contribution in [-0.4, -0.2) is 26.1 Å². The zero-order valence-corrected chi connectivity index (χ0v) is 12.8. The maximum Gasteiger partial charge on any atom is 0.229 e. The Morgan fingerprint density at radius 3 is 2.57 bits per heavy atom. The van der Waals surface area contributed by atoms with Gasteiger partial charge in [0.05, 0.1) is 18.2 Å². The summed E-state index contributed by atoms with van der Waals surface area (Å²) in [7, 11) is -3.35. The molecule has 0 saturated heterocycles. The number of rotatable bonds is 2. The van der Waals surface area contributed by atoms with Gasteiger partial charge >= 0.3 is 0 Å². The van der Waals surface area contributed by atoms with Gasteiger partial charge in [0.1, 0.15) is 11.4 Å². The molecule has 6 heteroatoms. The summed E-state index contributed by atoms with van der Waals surface area (Å²) in [5.41, 5.74) is 0.529. The van der Waals surface area contributed by atoms with Crippen molar-refractivity contribution in [3.05, 3.63) is 23.8 Å². The van der Waals surface area contributed by atoms with Crippen molar-refractivity contribution in [2.24, 2.45) is 0 Å². The summed E-state index contributed by atoms with van der Waals surface area (Å²) in [6, 6.07) is 4.89. The fraction of sp³-hybridized carbons (Fsp3) is 0.533. The first kappa shape index (κ1) is 14.4. The molecule has 3 rings (SSSR count). The number of carbonyl (C=O) groups is 1. The number of anilines is 1. The minimum absolute atomic E-state index is 0.0373. The van der Waals surface area contributed by atoms with Crippen molar-refractivity contribution in [2.75, 3.05) is 11.0 Å². The lowest BCUT2D eigenvalue weighted by Crippen LogP contribution is -2.43. The molecule has 0 radical (unpaired) electrons. The van der Waals surface area contributed by atoms with Crippen LogP contribution < -0.4 is 9.46 Å². The maximum atomic E-state index is 12.4. The van der Waals surface area contributed by atoms with Crippen molar-refractivity contribution in [2.45, 2.75) is 44.1 Å². The summed E-state index contributed by atoms with van der Waals surface area (Å²) < 4.78 is 31.0. The molecule has 21 heavy (non-hydrogen) atoms. The Labute approximate surface area is 124 Å². The van der Waals surface area contributed by atoms with Gasteiger partial charge in [-0.1, -0.05) is 6.42 Å². The maximum absolute atomic E-state index is 12.4. The van der Waals surface area contributed by atoms with Crippen molar-refractivity contribution in [3.8, 4) is 5.75 Å². The molecule has 1 aromatic rings. The second-order valence-electron chi connectivity index (χ2n) is 6.03. The normalized spacial score (nSPS) is 20.7. The van der Waals surface area contributed by atoms with E-state index in [9.17, 15) is 13.2 Å². The predicted octanol–water partition coefficient (Wildman–Crippen LogP) is 2.73. The van der Waals surface area contributed by atoms with Crippen molar-refractivity contribution >= 4 is 21.5 Å². The van der Waals surface area contributed by atoms with Crippen LogP contribution in [0.5, 0.6) is 5.75 Å². The van der Waals surface area contributed by atoms with Gasteiger partial charge in [-0.2, -0.15) is 0 Å². The Hall–Kier alpha value is -1.56. The minimum atomic E-state index is -3.35. The molecule has 1 fully saturated rings. The monoisotopic (exact) mass is 309 g/mol. The number of hydrogen-bond donors (Lipinski definition) is 1. The number of Topliss-reactive ketones (excluding diaryl/α,β-unsaturated/α-hetero) is 1. The number of fused-ring (bicyclic) bond motifs is 1. The molecule has 0 aromatic heterocycles. The highest BCUT2D eigenvalue weighted by Crippen LogP contribution is 2.42. The third-order valence-electron chi connectivity index (χ3n) is 4.16. The van der Waals surface area contributed by atoms with Crippen LogP contribution in [-0.2, 0) is 10.0 Å². The SMILES string of the molecule is CS(=O)(=O)Nc1ccc2c(c1)C(=O)CC1(CCCCC1)O2. The van der Waals surface area contributed by atoms with Crippen molar-refractivity contribution in [1.29, 1.82) is 0 Å². The lowest BCUT2D eigenvalue weighted by Gasteiger charge is -2.40. The van der Waals surface area contributed by atoms with Crippen LogP contribution in [0.1, 0.15) is 48.9 Å². The standard InChI is InChI=1S/C15H19NO4S/c1-21(18,19)16-11-5-6-14-12(9-11)13(17)10-15(20-14)7-3-2-4-8-15/h5-6,9,16H,2-4,7-8,10H2,1H3. The fourth-order valence-corrected chi connectivity index (χ4v) is 3.80. The highest BCUT2D eigenvalue weighted by Gasteiger charge is 2.41. The smallest absolute Gasteiger partial charge is 0.229 e. The number of ether oxygens (including phenoxy) is 1. The highest BCUT2D eigenvalue weighted by atomic mass is 32.2. The third-order valence-corrected chi connectivity index (χ3v) is 4.76. The molecule has 2 aliphatic rings. The van der Waals surface area contributed by atoms with E-state index in [2.05, 4.69) is 4.72 Å². The first-order valence-corrected chi connectivity index (χ1v) is 9.10. The zero-order valence-electron chi connectivity index (χ0n) is 12.0. The molecule has 1 N–H and O–H groups in total. The third kappa shape index (κ3) is 3.05. The Balaban J connectivity index is 1.91. The van der Waals surface area contributed by atoms with Crippen molar-refractivity contribution < 1.29 is 17.9 Å². The molecule has 1 spiro atoms. The van der Waals surface area contributed by atoms with Crippen molar-refractivity contribution in [1.82, 2.24) is 0 Å². The van der Waals surface area contributed by atoms with Gasteiger partial charge in [-0.05, 0) is 43.9 Å². The molecule has 1 aliphatic carbocycles. The largest absolute Gasteiger partial charge is 0.486 e. The summed E-state index contributed by atoms with van der Waals surface area (Å²) in [5, 5.41) is 0. The summed E-state index contributed by atoms with van der Waals surface area (Å²) >= 11 is 0. The molecule has 1 aromatic carbocycles. The minimum Gasteiger partial charge on any atom is -0.486 e. The van der Waals surface area contributed by atoms with Gasteiger partial charge in [-0.3, -0.25) is 9.52 Å². The van der Waals surface area contributed by atoms with E-state index in [0.29, 0.717) is 23.4 Å². The molecule has 1 heterocycles. The van der Waals surface area contributed by atoms with E-state index in [0.717, 1.165) is 31.9 Å². The summed E-state index contributed by atoms with van der Waals surface area (Å²) in [5.74, 6) is 0.613. The molecular weight excluding hydrogens is 290 g/mol. The molecular formula is C15H19NO4S. The molecule has 0 unspecified atom stereocenters. The van der Waals surface area contributed by atoms with Crippen LogP contribution in [0.25, 0.3) is 0 Å². The number of benzene rings is 1. The average molecular weight is 309 g/mol. The van der Waals surface area contributed by atoms with Gasteiger partial charge in [-0.15, -0.1) is 0 Å². The Morgan fingerprint density at radius 2 is 1.90 bits per heavy atom. The van der Waals surface area contributed by atoms with E-state index in [-0.39, 0.29) is 11.4 Å². The van der Waals surface area contributed by atoms with E-state index >= 15 is 0 Å². The van der Waals surface area contributed by atoms with E-state index in [1.54, 1.807) is 18.2 Å². The van der Waals surface area contributed by atoms with Crippen LogP contribution in [0.15, 0.2) is 18.2 Å². The molecule has 0 amide bonds. The summed E-state index contributed by atoms with van der Waals surface area (Å²) in [6.45, 7) is 0. The molecule has 1 aliphatic heterocycles. The number of nitrogens with one attached hydrogen (secondary N) is 1. The van der Waals surface area contributed by atoms with Crippen LogP contribution in [0.2, 0.25) is 0 Å². The number of ketones is 1. The zero-order chi connectivity index (χ0) is 15.1. The topological polar surface area (TPSA) is 72.5 Å². The van der Waals surface area contributed by atoms with Gasteiger partial charge in [0, 0.05) is 5.69 Å². The van der Waals surface area contributed by atoms with Crippen LogP contribution in [0, 0.1) is 0 Å². The lowest BCUT2D eigenvalue weighted by atomic mass is 9.78.